The highest BCUT2D eigenvalue weighted by Crippen LogP contribution is 2.37. The molecule has 1 saturated heterocycles. The van der Waals surface area contributed by atoms with E-state index in [1.54, 1.807) is 0 Å². The number of nitrogens with zero attached hydrogens (tertiary/aromatic N) is 3. The number of likely N-dealkylation sites (N-methyl/N-ethyl adjacent to an activating group) is 1. The van der Waals surface area contributed by atoms with Crippen LogP contribution in [-0.2, 0) is 4.74 Å². The van der Waals surface area contributed by atoms with Crippen molar-refractivity contribution in [3.05, 3.63) is 18.2 Å². The zero-order chi connectivity index (χ0) is 13.9. The van der Waals surface area contributed by atoms with Gasteiger partial charge in [0.2, 0.25) is 0 Å². The van der Waals surface area contributed by atoms with E-state index in [0.717, 1.165) is 19.8 Å². The van der Waals surface area contributed by atoms with Crippen LogP contribution in [0.1, 0.15) is 43.5 Å². The van der Waals surface area contributed by atoms with E-state index in [4.69, 9.17) is 10.5 Å². The average molecular weight is 278 g/mol. The van der Waals surface area contributed by atoms with E-state index in [2.05, 4.69) is 21.5 Å². The summed E-state index contributed by atoms with van der Waals surface area (Å²) in [6, 6.07) is 0.924. The maximum atomic E-state index is 6.05. The molecule has 3 rings (SSSR count). The van der Waals surface area contributed by atoms with E-state index in [1.807, 2.05) is 12.5 Å². The minimum Gasteiger partial charge on any atom is -0.381 e. The van der Waals surface area contributed by atoms with Crippen molar-refractivity contribution in [3.63, 3.8) is 0 Å². The third-order valence-electron chi connectivity index (χ3n) is 4.53. The van der Waals surface area contributed by atoms with Crippen molar-refractivity contribution >= 4 is 0 Å². The molecule has 2 heterocycles. The second-order valence-corrected chi connectivity index (χ2v) is 6.23. The largest absolute Gasteiger partial charge is 0.381 e. The van der Waals surface area contributed by atoms with E-state index >= 15 is 0 Å². The first-order valence-electron chi connectivity index (χ1n) is 7.79. The maximum absolute atomic E-state index is 6.05. The number of hydrogen-bond donors (Lipinski definition) is 1. The fourth-order valence-corrected chi connectivity index (χ4v) is 3.24. The van der Waals surface area contributed by atoms with Crippen LogP contribution in [0, 0.1) is 5.92 Å². The smallest absolute Gasteiger partial charge is 0.0951 e. The highest BCUT2D eigenvalue weighted by atomic mass is 16.5. The van der Waals surface area contributed by atoms with Crippen LogP contribution in [0.5, 0.6) is 0 Å². The number of ether oxygens (including phenoxy) is 1. The first-order valence-corrected chi connectivity index (χ1v) is 7.79. The lowest BCUT2D eigenvalue weighted by Crippen LogP contribution is -2.37. The molecular formula is C15H26N4O. The summed E-state index contributed by atoms with van der Waals surface area (Å²) in [5.41, 5.74) is 7.32. The van der Waals surface area contributed by atoms with E-state index in [0.29, 0.717) is 18.5 Å². The molecule has 2 unspecified atom stereocenters. The Morgan fingerprint density at radius 2 is 2.35 bits per heavy atom. The Morgan fingerprint density at radius 3 is 3.00 bits per heavy atom. The lowest BCUT2D eigenvalue weighted by Gasteiger charge is -2.32. The molecule has 5 heteroatoms. The Hall–Kier alpha value is -0.910. The van der Waals surface area contributed by atoms with Crippen LogP contribution in [0.25, 0.3) is 0 Å². The minimum atomic E-state index is 0.264. The number of imidazole rings is 1. The Bertz CT molecular complexity index is 423. The molecule has 1 aromatic rings. The van der Waals surface area contributed by atoms with Gasteiger partial charge in [0, 0.05) is 31.9 Å². The maximum Gasteiger partial charge on any atom is 0.0951 e. The van der Waals surface area contributed by atoms with Crippen molar-refractivity contribution in [2.24, 2.45) is 11.7 Å². The Labute approximate surface area is 121 Å². The van der Waals surface area contributed by atoms with Crippen LogP contribution < -0.4 is 5.73 Å². The molecule has 5 nitrogen and oxygen atoms in total. The van der Waals surface area contributed by atoms with Crippen molar-refractivity contribution in [1.29, 1.82) is 0 Å². The standard InChI is InChI=1S/C15H26N4O/c1-18(9-12-3-2-6-20-10-12)14(7-16)15-8-17-11-19(15)13-4-5-13/h8,11-14H,2-7,9-10,16H2,1H3. The predicted octanol–water partition coefficient (Wildman–Crippen LogP) is 1.58. The molecule has 2 fully saturated rings. The fourth-order valence-electron chi connectivity index (χ4n) is 3.24. The Balaban J connectivity index is 1.66. The first kappa shape index (κ1) is 14.0. The third-order valence-corrected chi connectivity index (χ3v) is 4.53. The number of aromatic nitrogens is 2. The van der Waals surface area contributed by atoms with Gasteiger partial charge in [-0.2, -0.15) is 0 Å². The van der Waals surface area contributed by atoms with Gasteiger partial charge in [0.25, 0.3) is 0 Å². The van der Waals surface area contributed by atoms with Gasteiger partial charge < -0.3 is 15.0 Å². The highest BCUT2D eigenvalue weighted by Gasteiger charge is 2.29. The fraction of sp³-hybridized carbons (Fsp3) is 0.800. The van der Waals surface area contributed by atoms with Gasteiger partial charge in [0.15, 0.2) is 0 Å². The zero-order valence-electron chi connectivity index (χ0n) is 12.4. The molecule has 20 heavy (non-hydrogen) atoms. The van der Waals surface area contributed by atoms with Gasteiger partial charge in [-0.1, -0.05) is 0 Å². The second-order valence-electron chi connectivity index (χ2n) is 6.23. The normalized spacial score (nSPS) is 25.1. The zero-order valence-corrected chi connectivity index (χ0v) is 12.4. The molecule has 0 amide bonds. The van der Waals surface area contributed by atoms with Crippen molar-refractivity contribution in [2.45, 2.75) is 37.8 Å². The van der Waals surface area contributed by atoms with Crippen LogP contribution in [0.4, 0.5) is 0 Å². The molecule has 2 aliphatic rings. The lowest BCUT2D eigenvalue weighted by molar-refractivity contribution is 0.0360. The quantitative estimate of drug-likeness (QED) is 0.858. The monoisotopic (exact) mass is 278 g/mol. The number of nitrogens with two attached hydrogens (primary N) is 1. The summed E-state index contributed by atoms with van der Waals surface area (Å²) in [7, 11) is 2.18. The van der Waals surface area contributed by atoms with Gasteiger partial charge >= 0.3 is 0 Å². The molecular weight excluding hydrogens is 252 g/mol. The van der Waals surface area contributed by atoms with Crippen LogP contribution in [-0.4, -0.2) is 47.8 Å². The van der Waals surface area contributed by atoms with Gasteiger partial charge in [0.1, 0.15) is 0 Å². The third kappa shape index (κ3) is 3.05. The molecule has 0 bridgehead atoms. The molecule has 1 aromatic heterocycles. The second kappa shape index (κ2) is 6.24. The van der Waals surface area contributed by atoms with Gasteiger partial charge in [-0.05, 0) is 38.6 Å². The van der Waals surface area contributed by atoms with Crippen LogP contribution in [0.15, 0.2) is 12.5 Å². The topological polar surface area (TPSA) is 56.3 Å². The number of hydrogen-bond acceptors (Lipinski definition) is 4. The lowest BCUT2D eigenvalue weighted by atomic mass is 10.0. The van der Waals surface area contributed by atoms with Gasteiger partial charge in [0.05, 0.1) is 24.7 Å². The van der Waals surface area contributed by atoms with E-state index < -0.39 is 0 Å². The molecule has 2 atom stereocenters. The highest BCUT2D eigenvalue weighted by molar-refractivity contribution is 5.10. The summed E-state index contributed by atoms with van der Waals surface area (Å²) < 4.78 is 7.91. The summed E-state index contributed by atoms with van der Waals surface area (Å²) in [6.07, 6.45) is 8.97. The van der Waals surface area contributed by atoms with Crippen molar-refractivity contribution in [2.75, 3.05) is 33.4 Å². The summed E-state index contributed by atoms with van der Waals surface area (Å²) in [5.74, 6) is 0.639. The summed E-state index contributed by atoms with van der Waals surface area (Å²) in [6.45, 7) is 3.51. The van der Waals surface area contributed by atoms with E-state index in [9.17, 15) is 0 Å². The molecule has 0 radical (unpaired) electrons. The van der Waals surface area contributed by atoms with Gasteiger partial charge in [-0.15, -0.1) is 0 Å². The summed E-state index contributed by atoms with van der Waals surface area (Å²) >= 11 is 0. The Kier molecular flexibility index (Phi) is 4.38. The predicted molar refractivity (Wildman–Crippen MR) is 78.5 cm³/mol. The Morgan fingerprint density at radius 1 is 1.50 bits per heavy atom. The van der Waals surface area contributed by atoms with Crippen molar-refractivity contribution < 1.29 is 4.74 Å². The van der Waals surface area contributed by atoms with Gasteiger partial charge in [-0.25, -0.2) is 4.98 Å². The molecule has 1 aliphatic heterocycles. The first-order chi connectivity index (χ1) is 9.79. The molecule has 1 saturated carbocycles. The molecule has 0 spiro atoms. The van der Waals surface area contributed by atoms with Crippen molar-refractivity contribution in [3.8, 4) is 0 Å². The van der Waals surface area contributed by atoms with Crippen LogP contribution in [0.3, 0.4) is 0 Å². The minimum absolute atomic E-state index is 0.264. The van der Waals surface area contributed by atoms with Gasteiger partial charge in [-0.3, -0.25) is 4.90 Å². The van der Waals surface area contributed by atoms with E-state index in [-0.39, 0.29) is 6.04 Å². The number of rotatable bonds is 6. The van der Waals surface area contributed by atoms with Crippen molar-refractivity contribution in [1.82, 2.24) is 14.5 Å². The summed E-state index contributed by atoms with van der Waals surface area (Å²) in [5, 5.41) is 0. The van der Waals surface area contributed by atoms with E-state index in [1.165, 1.54) is 31.4 Å². The molecule has 0 aromatic carbocycles. The van der Waals surface area contributed by atoms with Crippen LogP contribution in [0.2, 0.25) is 0 Å². The average Bonchev–Trinajstić information content (AvgIpc) is 3.20. The molecule has 112 valence electrons. The summed E-state index contributed by atoms with van der Waals surface area (Å²) in [4.78, 5) is 6.72. The SMILES string of the molecule is CN(CC1CCCOC1)C(CN)c1cncn1C1CC1. The van der Waals surface area contributed by atoms with Crippen LogP contribution >= 0.6 is 0 Å². The molecule has 1 aliphatic carbocycles. The molecule has 2 N–H and O–H groups in total.